The second-order valence-corrected chi connectivity index (χ2v) is 32.1. The number of hydrogen-bond donors (Lipinski definition) is 4. The van der Waals surface area contributed by atoms with Crippen molar-refractivity contribution in [3.63, 3.8) is 0 Å². The number of fused-ring (bicyclic) bond motifs is 6. The lowest BCUT2D eigenvalue weighted by molar-refractivity contribution is 0.148. The van der Waals surface area contributed by atoms with Crippen molar-refractivity contribution in [1.82, 2.24) is 103 Å². The Morgan fingerprint density at radius 3 is 1.15 bits per heavy atom. The van der Waals surface area contributed by atoms with Crippen LogP contribution in [-0.2, 0) is 64.5 Å². The van der Waals surface area contributed by atoms with Crippen molar-refractivity contribution < 1.29 is 18.9 Å². The quantitative estimate of drug-likeness (QED) is 0.0304. The van der Waals surface area contributed by atoms with Crippen molar-refractivity contribution in [3.8, 4) is 24.0 Å². The topological polar surface area (TPSA) is 330 Å². The zero-order valence-corrected chi connectivity index (χ0v) is 70.2. The van der Waals surface area contributed by atoms with E-state index in [9.17, 15) is 0 Å². The number of piperidine rings is 1. The SMILES string of the molecule is CCCCOc1nc(N)c2ncc(Cc3ccc(CN4CCN(C)CC4)cc3)n2n1.CCCCOc1nc(N)c2ncc(Cc3ccc4c(c3)CC(N(C)C)CC4)n2n1.CCCCOc1nc(N)c2ncc(Cc3ccc4c(c3)CCC(N(C)C)C4)n2n1.CCCCOc1nc(N)c2ncc(Cc3cccc(CN4CCCCC4)c3)n2n1. The highest BCUT2D eigenvalue weighted by Crippen LogP contribution is 2.30. The van der Waals surface area contributed by atoms with E-state index in [0.29, 0.717) is 108 Å². The fraction of sp³-hybridized carbons (Fsp3) is 0.500. The maximum Gasteiger partial charge on any atom is 0.336 e. The number of benzene rings is 4. The summed E-state index contributed by atoms with van der Waals surface area (Å²) in [6.45, 7) is 19.8. The summed E-state index contributed by atoms with van der Waals surface area (Å²) < 4.78 is 29.7. The van der Waals surface area contributed by atoms with Crippen molar-refractivity contribution in [2.24, 2.45) is 0 Å². The van der Waals surface area contributed by atoms with Gasteiger partial charge in [0.25, 0.3) is 0 Å². The molecule has 4 aromatic carbocycles. The van der Waals surface area contributed by atoms with Crippen LogP contribution >= 0.6 is 0 Å². The first-order chi connectivity index (χ1) is 56.9. The van der Waals surface area contributed by atoms with Crippen molar-refractivity contribution in [3.05, 3.63) is 188 Å². The van der Waals surface area contributed by atoms with E-state index in [4.69, 9.17) is 41.9 Å². The van der Waals surface area contributed by atoms with Crippen LogP contribution in [0.2, 0.25) is 0 Å². The molecule has 16 rings (SSSR count). The van der Waals surface area contributed by atoms with E-state index in [1.807, 2.05) is 24.8 Å². The van der Waals surface area contributed by atoms with Gasteiger partial charge in [-0.15, -0.1) is 20.4 Å². The van der Waals surface area contributed by atoms with Crippen LogP contribution < -0.4 is 41.9 Å². The number of nitrogens with two attached hydrogens (primary N) is 4. The third kappa shape index (κ3) is 22.5. The largest absolute Gasteiger partial charge is 0.462 e. The van der Waals surface area contributed by atoms with Crippen molar-refractivity contribution in [2.75, 3.05) is 124 Å². The van der Waals surface area contributed by atoms with Gasteiger partial charge in [0.1, 0.15) is 0 Å². The highest BCUT2D eigenvalue weighted by atomic mass is 16.5. The molecule has 29 heteroatoms. The minimum absolute atomic E-state index is 0.301. The molecule has 117 heavy (non-hydrogen) atoms. The molecule has 2 unspecified atom stereocenters. The lowest BCUT2D eigenvalue weighted by Gasteiger charge is -2.32. The molecule has 622 valence electrons. The second-order valence-electron chi connectivity index (χ2n) is 32.1. The lowest BCUT2D eigenvalue weighted by atomic mass is 9.86. The summed E-state index contributed by atoms with van der Waals surface area (Å²) >= 11 is 0. The van der Waals surface area contributed by atoms with E-state index in [1.54, 1.807) is 18.1 Å². The van der Waals surface area contributed by atoms with E-state index in [1.165, 1.54) is 101 Å². The normalized spacial score (nSPS) is 15.9. The third-order valence-electron chi connectivity index (χ3n) is 22.5. The number of aryl methyl sites for hydroxylation is 2. The van der Waals surface area contributed by atoms with Crippen molar-refractivity contribution in [2.45, 2.75) is 188 Å². The van der Waals surface area contributed by atoms with Gasteiger partial charge in [-0.2, -0.15) is 19.9 Å². The van der Waals surface area contributed by atoms with Gasteiger partial charge in [-0.3, -0.25) is 9.80 Å². The molecule has 0 bridgehead atoms. The number of anilines is 4. The number of likely N-dealkylation sites (N-methyl/N-ethyl adjacent to an activating group) is 3. The Balaban J connectivity index is 0.000000135. The first kappa shape index (κ1) is 84.2. The summed E-state index contributed by atoms with van der Waals surface area (Å²) in [6, 6.07) is 33.8. The fourth-order valence-electron chi connectivity index (χ4n) is 15.4. The van der Waals surface area contributed by atoms with Gasteiger partial charge in [0.05, 0.1) is 74.0 Å². The van der Waals surface area contributed by atoms with Gasteiger partial charge in [0, 0.05) is 77.0 Å². The summed E-state index contributed by atoms with van der Waals surface area (Å²) in [7, 11) is 10.9. The molecule has 8 aromatic heterocycles. The number of piperazine rings is 1. The molecule has 10 heterocycles. The van der Waals surface area contributed by atoms with Gasteiger partial charge in [-0.1, -0.05) is 145 Å². The van der Waals surface area contributed by atoms with Crippen molar-refractivity contribution in [1.29, 1.82) is 0 Å². The van der Waals surface area contributed by atoms with Crippen LogP contribution in [0.3, 0.4) is 0 Å². The Labute approximate surface area is 687 Å². The Kier molecular flexibility index (Phi) is 29.4. The molecule has 2 saturated heterocycles. The average Bonchev–Trinajstić information content (AvgIpc) is 1.64. The van der Waals surface area contributed by atoms with E-state index < -0.39 is 0 Å². The molecule has 2 fully saturated rings. The summed E-state index contributed by atoms with van der Waals surface area (Å²) in [6.07, 6.45) is 29.2. The molecule has 12 aromatic rings. The maximum atomic E-state index is 6.08. The van der Waals surface area contributed by atoms with Crippen LogP contribution in [-0.4, -0.2) is 216 Å². The molecule has 8 N–H and O–H groups in total. The van der Waals surface area contributed by atoms with Gasteiger partial charge in [-0.25, -0.2) is 38.0 Å². The predicted octanol–water partition coefficient (Wildman–Crippen LogP) is 11.5. The molecule has 2 atom stereocenters. The monoisotopic (exact) mass is 1590 g/mol. The van der Waals surface area contributed by atoms with Crippen molar-refractivity contribution >= 4 is 45.9 Å². The number of unbranched alkanes of at least 4 members (excludes halogenated alkanes) is 4. The van der Waals surface area contributed by atoms with Crippen LogP contribution in [0.4, 0.5) is 23.3 Å². The molecule has 0 radical (unpaired) electrons. The third-order valence-corrected chi connectivity index (χ3v) is 22.5. The van der Waals surface area contributed by atoms with Crippen LogP contribution in [0.5, 0.6) is 24.0 Å². The number of ether oxygens (including phenoxy) is 4. The molecular weight excluding hydrogens is 1470 g/mol. The highest BCUT2D eigenvalue weighted by molar-refractivity contribution is 5.62. The molecule has 4 aliphatic rings. The number of likely N-dealkylation sites (tertiary alicyclic amines) is 1. The molecule has 2 aliphatic heterocycles. The standard InChI is InChI=1S/C22H31N7O.3C22H30N6O/c1-3-4-13-30-22-25-20(23)21-24-15-19(29(21)26-22)14-17-5-7-18(8-6-17)16-28-11-9-27(2)10-12-28;1-4-5-10-29-22-25-20(23)21-24-14-19(28(21)26-22)12-15-6-7-17-13-18(27(2)3)9-8-16(17)11-15;1-4-5-10-29-22-25-20(23)21-24-14-19(28(21)26-22)12-15-6-7-16-8-9-18(27(2)3)13-17(16)11-15;1-2-3-12-29-22-25-20(23)21-24-15-19(28(21)26-22)14-17-8-7-9-18(13-17)16-27-10-5-4-6-11-27/h5-8,15H,3-4,9-14,16H2,1-2H3,(H2,23,25,26);2*6-7,11,14,18H,4-5,8-10,12-13H2,1-3H3,(H2,23,25,26);7-9,13,15H,2-6,10-12,14,16H2,1H3,(H2,23,25,26). The van der Waals surface area contributed by atoms with Gasteiger partial charge >= 0.3 is 24.0 Å². The van der Waals surface area contributed by atoms with E-state index >= 15 is 0 Å². The van der Waals surface area contributed by atoms with E-state index in [2.05, 4.69) is 233 Å². The Hall–Kier alpha value is -10.7. The van der Waals surface area contributed by atoms with Crippen LogP contribution in [0.25, 0.3) is 22.6 Å². The number of aromatic nitrogens is 16. The first-order valence-corrected chi connectivity index (χ1v) is 42.3. The van der Waals surface area contributed by atoms with Crippen LogP contribution in [0, 0.1) is 0 Å². The van der Waals surface area contributed by atoms with E-state index in [-0.39, 0.29) is 0 Å². The van der Waals surface area contributed by atoms with E-state index in [0.717, 1.165) is 165 Å². The molecule has 29 nitrogen and oxygen atoms in total. The number of hydrogen-bond acceptors (Lipinski definition) is 25. The smallest absolute Gasteiger partial charge is 0.336 e. The Morgan fingerprint density at radius 1 is 0.376 bits per heavy atom. The zero-order valence-electron chi connectivity index (χ0n) is 70.2. The highest BCUT2D eigenvalue weighted by Gasteiger charge is 2.25. The summed E-state index contributed by atoms with van der Waals surface area (Å²) in [4.78, 5) is 46.7. The average molecular weight is 1590 g/mol. The minimum Gasteiger partial charge on any atom is -0.462 e. The number of imidazole rings is 4. The molecule has 0 amide bonds. The number of rotatable bonds is 30. The zero-order chi connectivity index (χ0) is 81.7. The lowest BCUT2D eigenvalue weighted by Crippen LogP contribution is -2.43. The van der Waals surface area contributed by atoms with Crippen LogP contribution in [0.15, 0.2) is 110 Å². The van der Waals surface area contributed by atoms with Crippen LogP contribution in [0.1, 0.15) is 190 Å². The predicted molar refractivity (Wildman–Crippen MR) is 460 cm³/mol. The summed E-state index contributed by atoms with van der Waals surface area (Å²) in [5.41, 5.74) is 44.1. The molecule has 0 saturated carbocycles. The Morgan fingerprint density at radius 2 is 0.726 bits per heavy atom. The molecular formula is C88H121N25O4. The van der Waals surface area contributed by atoms with Gasteiger partial charge in [0.2, 0.25) is 0 Å². The first-order valence-electron chi connectivity index (χ1n) is 42.3. The molecule has 2 aliphatic carbocycles. The Bertz CT molecular complexity index is 5180. The minimum atomic E-state index is 0.301. The number of nitrogens with zero attached hydrogens (tertiary/aromatic N) is 21. The van der Waals surface area contributed by atoms with Gasteiger partial charge in [-0.05, 0) is 181 Å². The van der Waals surface area contributed by atoms with Gasteiger partial charge < -0.3 is 56.6 Å². The summed E-state index contributed by atoms with van der Waals surface area (Å²) in [5, 5.41) is 18.0. The summed E-state index contributed by atoms with van der Waals surface area (Å²) in [5.74, 6) is 1.37. The molecule has 0 spiro atoms. The maximum absolute atomic E-state index is 6.08. The number of nitrogen functional groups attached to an aromatic ring is 4. The fourth-order valence-corrected chi connectivity index (χ4v) is 15.4. The van der Waals surface area contributed by atoms with Gasteiger partial charge in [0.15, 0.2) is 45.9 Å². The second kappa shape index (κ2) is 40.9.